The van der Waals surface area contributed by atoms with Crippen molar-refractivity contribution in [3.8, 4) is 0 Å². The first-order chi connectivity index (χ1) is 8.16. The molecule has 2 N–H and O–H groups in total. The summed E-state index contributed by atoms with van der Waals surface area (Å²) >= 11 is 7.02. The van der Waals surface area contributed by atoms with Gasteiger partial charge in [0, 0.05) is 26.5 Å². The molecule has 0 amide bonds. The molecule has 2 nitrogen and oxygen atoms in total. The van der Waals surface area contributed by atoms with E-state index in [0.717, 1.165) is 20.1 Å². The van der Waals surface area contributed by atoms with E-state index in [1.54, 1.807) is 23.1 Å². The Morgan fingerprint density at radius 3 is 2.88 bits per heavy atom. The van der Waals surface area contributed by atoms with Crippen LogP contribution in [0.2, 0.25) is 0 Å². The van der Waals surface area contributed by atoms with Gasteiger partial charge < -0.3 is 5.73 Å². The van der Waals surface area contributed by atoms with E-state index in [0.29, 0.717) is 0 Å². The van der Waals surface area contributed by atoms with Crippen LogP contribution in [0.5, 0.6) is 0 Å². The fourth-order valence-corrected chi connectivity index (χ4v) is 3.75. The van der Waals surface area contributed by atoms with Crippen LogP contribution in [0.4, 0.5) is 0 Å². The molecule has 1 heterocycles. The van der Waals surface area contributed by atoms with Gasteiger partial charge >= 0.3 is 0 Å². The first-order valence-electron chi connectivity index (χ1n) is 5.24. The summed E-state index contributed by atoms with van der Waals surface area (Å²) < 4.78 is 1.13. The van der Waals surface area contributed by atoms with Crippen molar-refractivity contribution in [2.75, 3.05) is 0 Å². The monoisotopic (exact) mass is 328 g/mol. The van der Waals surface area contributed by atoms with E-state index in [-0.39, 0.29) is 6.04 Å². The molecule has 0 radical (unpaired) electrons. The fraction of sp³-hybridized carbons (Fsp3) is 0.250. The molecule has 0 saturated heterocycles. The van der Waals surface area contributed by atoms with Gasteiger partial charge in [-0.3, -0.25) is 0 Å². The first kappa shape index (κ1) is 13.1. The lowest BCUT2D eigenvalue weighted by molar-refractivity contribution is 0.835. The van der Waals surface area contributed by atoms with Crippen LogP contribution in [0.1, 0.15) is 22.9 Å². The van der Waals surface area contributed by atoms with Crippen LogP contribution >= 0.6 is 39.0 Å². The lowest BCUT2D eigenvalue weighted by atomic mass is 10.3. The third kappa shape index (κ3) is 3.55. The van der Waals surface area contributed by atoms with Crippen molar-refractivity contribution in [3.63, 3.8) is 0 Å². The van der Waals surface area contributed by atoms with Crippen molar-refractivity contribution in [3.05, 3.63) is 44.8 Å². The molecule has 0 spiro atoms. The van der Waals surface area contributed by atoms with Crippen molar-refractivity contribution in [1.29, 1.82) is 0 Å². The Hall–Kier alpha value is -0.360. The molecule has 0 aliphatic carbocycles. The second-order valence-corrected chi connectivity index (χ2v) is 6.68. The van der Waals surface area contributed by atoms with Crippen LogP contribution in [-0.4, -0.2) is 4.98 Å². The van der Waals surface area contributed by atoms with Crippen LogP contribution < -0.4 is 5.73 Å². The van der Waals surface area contributed by atoms with Gasteiger partial charge in [-0.2, -0.15) is 0 Å². The average molecular weight is 329 g/mol. The number of thioether (sulfide) groups is 1. The summed E-state index contributed by atoms with van der Waals surface area (Å²) in [6, 6.07) is 8.30. The zero-order chi connectivity index (χ0) is 12.3. The number of aromatic nitrogens is 1. The number of hydrogen-bond acceptors (Lipinski definition) is 4. The molecule has 0 aliphatic rings. The van der Waals surface area contributed by atoms with E-state index < -0.39 is 0 Å². The Bertz CT molecular complexity index is 497. The first-order valence-corrected chi connectivity index (χ1v) is 7.84. The van der Waals surface area contributed by atoms with Gasteiger partial charge in [-0.15, -0.1) is 23.1 Å². The Balaban J connectivity index is 2.00. The molecular weight excluding hydrogens is 316 g/mol. The molecule has 5 heteroatoms. The molecule has 2 rings (SSSR count). The van der Waals surface area contributed by atoms with E-state index in [9.17, 15) is 0 Å². The zero-order valence-corrected chi connectivity index (χ0v) is 12.6. The van der Waals surface area contributed by atoms with Gasteiger partial charge in [-0.05, 0) is 35.0 Å². The highest BCUT2D eigenvalue weighted by molar-refractivity contribution is 9.10. The highest BCUT2D eigenvalue weighted by Crippen LogP contribution is 2.31. The van der Waals surface area contributed by atoms with Crippen LogP contribution in [0.25, 0.3) is 0 Å². The quantitative estimate of drug-likeness (QED) is 0.854. The van der Waals surface area contributed by atoms with E-state index in [1.807, 2.05) is 25.3 Å². The van der Waals surface area contributed by atoms with E-state index in [2.05, 4.69) is 33.0 Å². The SMILES string of the molecule is CC(N)c1cnc(CSc2ccccc2Br)s1. The van der Waals surface area contributed by atoms with Crippen molar-refractivity contribution < 1.29 is 0 Å². The highest BCUT2D eigenvalue weighted by atomic mass is 79.9. The number of hydrogen-bond donors (Lipinski definition) is 1. The zero-order valence-electron chi connectivity index (χ0n) is 9.39. The predicted molar refractivity (Wildman–Crippen MR) is 78.4 cm³/mol. The van der Waals surface area contributed by atoms with Gasteiger partial charge in [0.2, 0.25) is 0 Å². The molecular formula is C12H13BrN2S2. The fourth-order valence-electron chi connectivity index (χ4n) is 1.30. The molecule has 0 aliphatic heterocycles. The summed E-state index contributed by atoms with van der Waals surface area (Å²) in [7, 11) is 0. The van der Waals surface area contributed by atoms with E-state index >= 15 is 0 Å². The van der Waals surface area contributed by atoms with Crippen molar-refractivity contribution in [1.82, 2.24) is 4.98 Å². The molecule has 1 aromatic heterocycles. The van der Waals surface area contributed by atoms with Crippen LogP contribution in [0, 0.1) is 0 Å². The molecule has 1 unspecified atom stereocenters. The molecule has 1 atom stereocenters. The molecule has 0 fully saturated rings. The predicted octanol–water partition coefficient (Wildman–Crippen LogP) is 4.22. The lowest BCUT2D eigenvalue weighted by Crippen LogP contribution is -2.01. The summed E-state index contributed by atoms with van der Waals surface area (Å²) in [4.78, 5) is 6.77. The molecule has 1 aromatic carbocycles. The summed E-state index contributed by atoms with van der Waals surface area (Å²) in [6.45, 7) is 1.98. The third-order valence-corrected chi connectivity index (χ3v) is 5.63. The minimum atomic E-state index is 0.0784. The Morgan fingerprint density at radius 2 is 2.24 bits per heavy atom. The van der Waals surface area contributed by atoms with Crippen molar-refractivity contribution in [2.24, 2.45) is 5.73 Å². The maximum absolute atomic E-state index is 5.81. The second kappa shape index (κ2) is 6.00. The largest absolute Gasteiger partial charge is 0.323 e. The maximum Gasteiger partial charge on any atom is 0.103 e. The standard InChI is InChI=1S/C12H13BrN2S2/c1-8(14)11-6-15-12(17-11)7-16-10-5-3-2-4-9(10)13/h2-6,8H,7,14H2,1H3. The number of benzene rings is 1. The van der Waals surface area contributed by atoms with Crippen LogP contribution in [0.3, 0.4) is 0 Å². The van der Waals surface area contributed by atoms with E-state index in [1.165, 1.54) is 4.90 Å². The van der Waals surface area contributed by atoms with Crippen LogP contribution in [-0.2, 0) is 5.75 Å². The average Bonchev–Trinajstić information content (AvgIpc) is 2.77. The van der Waals surface area contributed by atoms with Gasteiger partial charge in [0.1, 0.15) is 5.01 Å². The summed E-state index contributed by atoms with van der Waals surface area (Å²) in [5, 5.41) is 1.12. The van der Waals surface area contributed by atoms with E-state index in [4.69, 9.17) is 5.73 Å². The summed E-state index contributed by atoms with van der Waals surface area (Å²) in [5.74, 6) is 0.889. The summed E-state index contributed by atoms with van der Waals surface area (Å²) in [6.07, 6.45) is 1.88. The number of nitrogens with zero attached hydrogens (tertiary/aromatic N) is 1. The van der Waals surface area contributed by atoms with Crippen molar-refractivity contribution in [2.45, 2.75) is 23.6 Å². The van der Waals surface area contributed by atoms with Gasteiger partial charge in [0.15, 0.2) is 0 Å². The second-order valence-electron chi connectivity index (χ2n) is 3.66. The third-order valence-electron chi connectivity index (χ3n) is 2.21. The maximum atomic E-state index is 5.81. The van der Waals surface area contributed by atoms with Gasteiger partial charge in [0.05, 0.1) is 5.75 Å². The summed E-state index contributed by atoms with van der Waals surface area (Å²) in [5.41, 5.74) is 5.81. The normalized spacial score (nSPS) is 12.6. The molecule has 17 heavy (non-hydrogen) atoms. The number of halogens is 1. The topological polar surface area (TPSA) is 38.9 Å². The van der Waals surface area contributed by atoms with Crippen LogP contribution in [0.15, 0.2) is 39.8 Å². The van der Waals surface area contributed by atoms with Gasteiger partial charge in [-0.1, -0.05) is 12.1 Å². The number of rotatable bonds is 4. The lowest BCUT2D eigenvalue weighted by Gasteiger charge is -2.01. The number of thiazole rings is 1. The van der Waals surface area contributed by atoms with Crippen molar-refractivity contribution >= 4 is 39.0 Å². The Labute approximate surface area is 118 Å². The molecule has 2 aromatic rings. The molecule has 90 valence electrons. The number of nitrogens with two attached hydrogens (primary N) is 1. The molecule has 0 saturated carbocycles. The minimum absolute atomic E-state index is 0.0784. The Kier molecular flexibility index (Phi) is 4.62. The van der Waals surface area contributed by atoms with Gasteiger partial charge in [-0.25, -0.2) is 4.98 Å². The minimum Gasteiger partial charge on any atom is -0.323 e. The smallest absolute Gasteiger partial charge is 0.103 e. The van der Waals surface area contributed by atoms with Gasteiger partial charge in [0.25, 0.3) is 0 Å². The molecule has 0 bridgehead atoms. The Morgan fingerprint density at radius 1 is 1.47 bits per heavy atom. The highest BCUT2D eigenvalue weighted by Gasteiger charge is 2.07.